The van der Waals surface area contributed by atoms with E-state index in [1.54, 1.807) is 6.92 Å². The number of halogens is 3. The van der Waals surface area contributed by atoms with Crippen LogP contribution in [0.25, 0.3) is 0 Å². The molecule has 1 saturated heterocycles. The summed E-state index contributed by atoms with van der Waals surface area (Å²) in [6, 6.07) is 0.0432. The van der Waals surface area contributed by atoms with Crippen LogP contribution in [0, 0.1) is 5.92 Å². The molecule has 2 atom stereocenters. The van der Waals surface area contributed by atoms with E-state index in [0.29, 0.717) is 19.0 Å². The molecular weight excluding hydrogens is 205 g/mol. The Bertz CT molecular complexity index is 194. The lowest BCUT2D eigenvalue weighted by molar-refractivity contribution is -0.151. The molecule has 1 heterocycles. The summed E-state index contributed by atoms with van der Waals surface area (Å²) in [6.45, 7) is 5.02. The van der Waals surface area contributed by atoms with Crippen molar-refractivity contribution in [2.24, 2.45) is 5.92 Å². The van der Waals surface area contributed by atoms with Gasteiger partial charge in [0.15, 0.2) is 0 Å². The van der Waals surface area contributed by atoms with Gasteiger partial charge in [0, 0.05) is 12.6 Å². The van der Waals surface area contributed by atoms with Gasteiger partial charge in [0.1, 0.15) is 0 Å². The molecule has 1 aliphatic rings. The van der Waals surface area contributed by atoms with Crippen molar-refractivity contribution in [3.63, 3.8) is 0 Å². The molecule has 0 bridgehead atoms. The highest BCUT2D eigenvalue weighted by Gasteiger charge is 2.37. The Kier molecular flexibility index (Phi) is 4.40. The summed E-state index contributed by atoms with van der Waals surface area (Å²) >= 11 is 0. The van der Waals surface area contributed by atoms with Gasteiger partial charge < -0.3 is 5.32 Å². The van der Waals surface area contributed by atoms with Crippen LogP contribution in [0.4, 0.5) is 13.2 Å². The Morgan fingerprint density at radius 3 is 2.40 bits per heavy atom. The van der Waals surface area contributed by atoms with Crippen LogP contribution in [-0.2, 0) is 0 Å². The zero-order valence-corrected chi connectivity index (χ0v) is 9.27. The largest absolute Gasteiger partial charge is 0.401 e. The molecule has 0 spiro atoms. The minimum Gasteiger partial charge on any atom is -0.315 e. The first-order chi connectivity index (χ1) is 6.98. The first kappa shape index (κ1) is 12.8. The van der Waals surface area contributed by atoms with E-state index >= 15 is 0 Å². The van der Waals surface area contributed by atoms with Crippen molar-refractivity contribution in [1.29, 1.82) is 0 Å². The van der Waals surface area contributed by atoms with E-state index in [0.717, 1.165) is 13.0 Å². The van der Waals surface area contributed by atoms with Gasteiger partial charge in [-0.3, -0.25) is 4.90 Å². The molecular formula is C10H19F3N2. The van der Waals surface area contributed by atoms with E-state index < -0.39 is 12.7 Å². The molecule has 2 unspecified atom stereocenters. The molecule has 1 rings (SSSR count). The minimum atomic E-state index is -4.09. The smallest absolute Gasteiger partial charge is 0.315 e. The monoisotopic (exact) mass is 224 g/mol. The molecule has 1 fully saturated rings. The van der Waals surface area contributed by atoms with Crippen molar-refractivity contribution in [1.82, 2.24) is 10.2 Å². The summed E-state index contributed by atoms with van der Waals surface area (Å²) in [5, 5.41) is 3.16. The fourth-order valence-corrected chi connectivity index (χ4v) is 2.26. The predicted molar refractivity (Wildman–Crippen MR) is 53.7 cm³/mol. The Balaban J connectivity index is 2.57. The number of hydrogen-bond donors (Lipinski definition) is 1. The van der Waals surface area contributed by atoms with Crippen molar-refractivity contribution in [3.05, 3.63) is 0 Å². The first-order valence-electron chi connectivity index (χ1n) is 5.49. The third-order valence-corrected chi connectivity index (χ3v) is 3.09. The molecule has 0 radical (unpaired) electrons. The third kappa shape index (κ3) is 3.65. The predicted octanol–water partition coefficient (Wildman–Crippen LogP) is 1.87. The lowest BCUT2D eigenvalue weighted by Gasteiger charge is -2.31. The lowest BCUT2D eigenvalue weighted by atomic mass is 9.99. The average molecular weight is 224 g/mol. The quantitative estimate of drug-likeness (QED) is 0.784. The van der Waals surface area contributed by atoms with Crippen LogP contribution in [0.5, 0.6) is 0 Å². The minimum absolute atomic E-state index is 0.0432. The molecule has 0 aromatic heterocycles. The van der Waals surface area contributed by atoms with Gasteiger partial charge in [0.25, 0.3) is 0 Å². The van der Waals surface area contributed by atoms with Gasteiger partial charge in [0.05, 0.1) is 6.54 Å². The highest BCUT2D eigenvalue weighted by Crippen LogP contribution is 2.23. The summed E-state index contributed by atoms with van der Waals surface area (Å²) in [7, 11) is 0. The highest BCUT2D eigenvalue weighted by atomic mass is 19.4. The van der Waals surface area contributed by atoms with Gasteiger partial charge >= 0.3 is 6.18 Å². The Morgan fingerprint density at radius 1 is 1.27 bits per heavy atom. The number of alkyl halides is 3. The molecule has 0 aliphatic carbocycles. The van der Waals surface area contributed by atoms with Gasteiger partial charge in [-0.05, 0) is 19.0 Å². The topological polar surface area (TPSA) is 15.3 Å². The number of nitrogens with one attached hydrogen (secondary N) is 1. The number of hydrogen-bond acceptors (Lipinski definition) is 2. The van der Waals surface area contributed by atoms with Gasteiger partial charge in [-0.2, -0.15) is 13.2 Å². The summed E-state index contributed by atoms with van der Waals surface area (Å²) in [6.07, 6.45) is -3.15. The normalized spacial score (nSPS) is 27.6. The number of rotatable bonds is 4. The Hall–Kier alpha value is -0.290. The second kappa shape index (κ2) is 5.16. The van der Waals surface area contributed by atoms with Crippen LogP contribution in [0.1, 0.15) is 20.3 Å². The molecule has 1 aliphatic heterocycles. The van der Waals surface area contributed by atoms with E-state index in [1.807, 2.05) is 6.92 Å². The summed E-state index contributed by atoms with van der Waals surface area (Å²) in [4.78, 5) is 1.54. The van der Waals surface area contributed by atoms with Crippen molar-refractivity contribution in [2.45, 2.75) is 32.5 Å². The van der Waals surface area contributed by atoms with Gasteiger partial charge in [-0.15, -0.1) is 0 Å². The second-order valence-corrected chi connectivity index (χ2v) is 4.07. The first-order valence-corrected chi connectivity index (χ1v) is 5.49. The molecule has 2 nitrogen and oxygen atoms in total. The molecule has 0 aromatic carbocycles. The van der Waals surface area contributed by atoms with E-state index in [4.69, 9.17) is 0 Å². The lowest BCUT2D eigenvalue weighted by Crippen LogP contribution is -2.45. The molecule has 90 valence electrons. The highest BCUT2D eigenvalue weighted by molar-refractivity contribution is 4.88. The molecule has 5 heteroatoms. The maximum atomic E-state index is 12.3. The summed E-state index contributed by atoms with van der Waals surface area (Å²) < 4.78 is 36.9. The van der Waals surface area contributed by atoms with Crippen LogP contribution in [0.15, 0.2) is 0 Å². The van der Waals surface area contributed by atoms with Crippen LogP contribution < -0.4 is 5.32 Å². The second-order valence-electron chi connectivity index (χ2n) is 4.07. The standard InChI is InChI=1S/C10H19F3N2/c1-3-8-5-14-6-9(8)15(4-2)7-10(11,12)13/h8-9,14H,3-7H2,1-2H3. The van der Waals surface area contributed by atoms with Crippen LogP contribution >= 0.6 is 0 Å². The van der Waals surface area contributed by atoms with E-state index in [1.165, 1.54) is 4.90 Å². The van der Waals surface area contributed by atoms with Crippen molar-refractivity contribution in [3.8, 4) is 0 Å². The van der Waals surface area contributed by atoms with E-state index in [9.17, 15) is 13.2 Å². The number of nitrogens with zero attached hydrogens (tertiary/aromatic N) is 1. The zero-order chi connectivity index (χ0) is 11.5. The van der Waals surface area contributed by atoms with Crippen molar-refractivity contribution < 1.29 is 13.2 Å². The molecule has 0 saturated carbocycles. The van der Waals surface area contributed by atoms with Gasteiger partial charge in [0.2, 0.25) is 0 Å². The van der Waals surface area contributed by atoms with Crippen LogP contribution in [0.2, 0.25) is 0 Å². The fourth-order valence-electron chi connectivity index (χ4n) is 2.26. The van der Waals surface area contributed by atoms with E-state index in [2.05, 4.69) is 5.32 Å². The van der Waals surface area contributed by atoms with Gasteiger partial charge in [-0.1, -0.05) is 20.3 Å². The number of likely N-dealkylation sites (N-methyl/N-ethyl adjacent to an activating group) is 1. The summed E-state index contributed by atoms with van der Waals surface area (Å²) in [5.74, 6) is 0.354. The fraction of sp³-hybridized carbons (Fsp3) is 1.00. The third-order valence-electron chi connectivity index (χ3n) is 3.09. The van der Waals surface area contributed by atoms with Crippen LogP contribution in [0.3, 0.4) is 0 Å². The molecule has 15 heavy (non-hydrogen) atoms. The molecule has 1 N–H and O–H groups in total. The Morgan fingerprint density at radius 2 is 1.93 bits per heavy atom. The van der Waals surface area contributed by atoms with Gasteiger partial charge in [-0.25, -0.2) is 0 Å². The van der Waals surface area contributed by atoms with E-state index in [-0.39, 0.29) is 6.04 Å². The maximum absolute atomic E-state index is 12.3. The van der Waals surface area contributed by atoms with Crippen molar-refractivity contribution >= 4 is 0 Å². The maximum Gasteiger partial charge on any atom is 0.401 e. The van der Waals surface area contributed by atoms with Crippen LogP contribution in [-0.4, -0.2) is 43.3 Å². The Labute approximate surface area is 88.8 Å². The SMILES string of the molecule is CCC1CNCC1N(CC)CC(F)(F)F. The average Bonchev–Trinajstić information content (AvgIpc) is 2.60. The molecule has 0 amide bonds. The summed E-state index contributed by atoms with van der Waals surface area (Å²) in [5.41, 5.74) is 0. The zero-order valence-electron chi connectivity index (χ0n) is 9.27. The molecule has 0 aromatic rings. The van der Waals surface area contributed by atoms with Crippen molar-refractivity contribution in [2.75, 3.05) is 26.2 Å².